The van der Waals surface area contributed by atoms with Crippen molar-refractivity contribution in [2.24, 2.45) is 5.73 Å². The summed E-state index contributed by atoms with van der Waals surface area (Å²) in [4.78, 5) is 0.915. The molecule has 1 rings (SSSR count). The second-order valence-corrected chi connectivity index (χ2v) is 4.09. The highest BCUT2D eigenvalue weighted by Crippen LogP contribution is 2.26. The normalized spacial score (nSPS) is 11.4. The van der Waals surface area contributed by atoms with Gasteiger partial charge in [0.05, 0.1) is 0 Å². The van der Waals surface area contributed by atoms with Gasteiger partial charge in [-0.3, -0.25) is 0 Å². The molecule has 1 aromatic carbocycles. The van der Waals surface area contributed by atoms with Gasteiger partial charge >= 0.3 is 6.18 Å². The first-order chi connectivity index (χ1) is 8.24. The second kappa shape index (κ2) is 5.51. The van der Waals surface area contributed by atoms with E-state index < -0.39 is 18.5 Å². The monoisotopic (exact) mass is 280 g/mol. The quantitative estimate of drug-likeness (QED) is 0.679. The highest BCUT2D eigenvalue weighted by atomic mass is 32.1. The average molecular weight is 280 g/mol. The van der Waals surface area contributed by atoms with E-state index >= 15 is 0 Å². The summed E-state index contributed by atoms with van der Waals surface area (Å²) in [6, 6.07) is 3.37. The average Bonchev–Trinajstić information content (AvgIpc) is 2.24. The molecule has 0 aliphatic carbocycles. The maximum Gasteiger partial charge on any atom is 0.405 e. The predicted octanol–water partition coefficient (Wildman–Crippen LogP) is 2.85. The predicted molar refractivity (Wildman–Crippen MR) is 66.2 cm³/mol. The third kappa shape index (κ3) is 3.83. The number of halogens is 4. The molecular formula is C11H12F4N2S. The summed E-state index contributed by atoms with van der Waals surface area (Å²) >= 11 is 4.72. The Labute approximate surface area is 107 Å². The first kappa shape index (κ1) is 14.7. The summed E-state index contributed by atoms with van der Waals surface area (Å²) in [7, 11) is 0. The fourth-order valence-corrected chi connectivity index (χ4v) is 1.73. The number of rotatable bonds is 4. The number of hydrogen-bond acceptors (Lipinski definition) is 2. The van der Waals surface area contributed by atoms with E-state index in [-0.39, 0.29) is 22.8 Å². The van der Waals surface area contributed by atoms with Crippen LogP contribution in [0.2, 0.25) is 0 Å². The Morgan fingerprint density at radius 3 is 2.44 bits per heavy atom. The van der Waals surface area contributed by atoms with E-state index in [9.17, 15) is 17.6 Å². The SMILES string of the molecule is CCN(CC(F)(F)F)c1ccc(F)cc1C(N)=S. The molecule has 1 aromatic rings. The van der Waals surface area contributed by atoms with Gasteiger partial charge in [0.25, 0.3) is 0 Å². The second-order valence-electron chi connectivity index (χ2n) is 3.66. The van der Waals surface area contributed by atoms with Crippen molar-refractivity contribution in [1.29, 1.82) is 0 Å². The number of anilines is 1. The van der Waals surface area contributed by atoms with Crippen molar-refractivity contribution in [3.63, 3.8) is 0 Å². The highest BCUT2D eigenvalue weighted by Gasteiger charge is 2.31. The summed E-state index contributed by atoms with van der Waals surface area (Å²) in [5, 5.41) is 0. The van der Waals surface area contributed by atoms with Crippen LogP contribution in [0.3, 0.4) is 0 Å². The Morgan fingerprint density at radius 1 is 1.39 bits per heavy atom. The zero-order chi connectivity index (χ0) is 13.9. The Kier molecular flexibility index (Phi) is 4.50. The van der Waals surface area contributed by atoms with Crippen LogP contribution in [-0.4, -0.2) is 24.3 Å². The number of benzene rings is 1. The molecule has 2 nitrogen and oxygen atoms in total. The first-order valence-electron chi connectivity index (χ1n) is 5.15. The molecule has 18 heavy (non-hydrogen) atoms. The smallest absolute Gasteiger partial charge is 0.389 e. The van der Waals surface area contributed by atoms with Gasteiger partial charge in [0.2, 0.25) is 0 Å². The van der Waals surface area contributed by atoms with Crippen molar-refractivity contribution in [2.45, 2.75) is 13.1 Å². The van der Waals surface area contributed by atoms with Crippen molar-refractivity contribution in [2.75, 3.05) is 18.0 Å². The Bertz CT molecular complexity index is 445. The molecule has 0 bridgehead atoms. The zero-order valence-electron chi connectivity index (χ0n) is 9.59. The minimum atomic E-state index is -4.35. The standard InChI is InChI=1S/C11H12F4N2S/c1-2-17(6-11(13,14)15)9-4-3-7(12)5-8(9)10(16)18/h3-5H,2,6H2,1H3,(H2,16,18). The molecule has 7 heteroatoms. The third-order valence-electron chi connectivity index (χ3n) is 2.32. The molecule has 0 amide bonds. The summed E-state index contributed by atoms with van der Waals surface area (Å²) in [5.41, 5.74) is 5.69. The van der Waals surface area contributed by atoms with Crippen molar-refractivity contribution < 1.29 is 17.6 Å². The lowest BCUT2D eigenvalue weighted by molar-refractivity contribution is -0.119. The van der Waals surface area contributed by atoms with Gasteiger partial charge in [-0.2, -0.15) is 13.2 Å². The van der Waals surface area contributed by atoms with Gasteiger partial charge < -0.3 is 10.6 Å². The molecule has 2 N–H and O–H groups in total. The van der Waals surface area contributed by atoms with Crippen molar-refractivity contribution in [3.05, 3.63) is 29.6 Å². The molecule has 0 fully saturated rings. The third-order valence-corrected chi connectivity index (χ3v) is 2.54. The van der Waals surface area contributed by atoms with Crippen LogP contribution < -0.4 is 10.6 Å². The van der Waals surface area contributed by atoms with Crippen molar-refractivity contribution in [3.8, 4) is 0 Å². The molecule has 0 saturated carbocycles. The molecule has 0 aromatic heterocycles. The molecule has 0 saturated heterocycles. The first-order valence-corrected chi connectivity index (χ1v) is 5.56. The maximum atomic E-state index is 13.1. The van der Waals surface area contributed by atoms with E-state index in [2.05, 4.69) is 0 Å². The van der Waals surface area contributed by atoms with E-state index in [0.29, 0.717) is 0 Å². The number of nitrogens with two attached hydrogens (primary N) is 1. The van der Waals surface area contributed by atoms with Crippen LogP contribution in [0.5, 0.6) is 0 Å². The molecule has 0 unspecified atom stereocenters. The number of hydrogen-bond donors (Lipinski definition) is 1. The van der Waals surface area contributed by atoms with Crippen LogP contribution >= 0.6 is 12.2 Å². The van der Waals surface area contributed by atoms with Crippen LogP contribution in [0.4, 0.5) is 23.2 Å². The van der Waals surface area contributed by atoms with Gasteiger partial charge in [-0.25, -0.2) is 4.39 Å². The fraction of sp³-hybridized carbons (Fsp3) is 0.364. The molecule has 0 aliphatic rings. The molecule has 0 spiro atoms. The van der Waals surface area contributed by atoms with Crippen LogP contribution in [0.25, 0.3) is 0 Å². The number of alkyl halides is 3. The minimum absolute atomic E-state index is 0.108. The van der Waals surface area contributed by atoms with Crippen molar-refractivity contribution in [1.82, 2.24) is 0 Å². The van der Waals surface area contributed by atoms with Crippen LogP contribution in [0.1, 0.15) is 12.5 Å². The Morgan fingerprint density at radius 2 is 2.00 bits per heavy atom. The molecule has 0 heterocycles. The minimum Gasteiger partial charge on any atom is -0.389 e. The fourth-order valence-electron chi connectivity index (χ4n) is 1.57. The van der Waals surface area contributed by atoms with Gasteiger partial charge in [0, 0.05) is 17.8 Å². The number of thiocarbonyl (C=S) groups is 1. The number of nitrogens with zero attached hydrogens (tertiary/aromatic N) is 1. The maximum absolute atomic E-state index is 13.1. The molecular weight excluding hydrogens is 268 g/mol. The van der Waals surface area contributed by atoms with Gasteiger partial charge in [-0.15, -0.1) is 0 Å². The lowest BCUT2D eigenvalue weighted by Crippen LogP contribution is -2.35. The molecule has 0 atom stereocenters. The van der Waals surface area contributed by atoms with Crippen molar-refractivity contribution >= 4 is 22.9 Å². The van der Waals surface area contributed by atoms with Crippen LogP contribution in [0.15, 0.2) is 18.2 Å². The van der Waals surface area contributed by atoms with Gasteiger partial charge in [0.15, 0.2) is 0 Å². The lowest BCUT2D eigenvalue weighted by atomic mass is 10.1. The van der Waals surface area contributed by atoms with Crippen LogP contribution in [-0.2, 0) is 0 Å². The summed E-state index contributed by atoms with van der Waals surface area (Å²) in [5.74, 6) is -0.593. The summed E-state index contributed by atoms with van der Waals surface area (Å²) in [6.07, 6.45) is -4.35. The van der Waals surface area contributed by atoms with Gasteiger partial charge in [-0.05, 0) is 25.1 Å². The molecule has 100 valence electrons. The topological polar surface area (TPSA) is 29.3 Å². The van der Waals surface area contributed by atoms with Crippen LogP contribution in [0, 0.1) is 5.82 Å². The lowest BCUT2D eigenvalue weighted by Gasteiger charge is -2.26. The van der Waals surface area contributed by atoms with E-state index in [1.807, 2.05) is 0 Å². The van der Waals surface area contributed by atoms with E-state index in [4.69, 9.17) is 18.0 Å². The van der Waals surface area contributed by atoms with E-state index in [1.165, 1.54) is 6.07 Å². The van der Waals surface area contributed by atoms with Gasteiger partial charge in [0.1, 0.15) is 17.4 Å². The zero-order valence-corrected chi connectivity index (χ0v) is 10.4. The Hall–Kier alpha value is -1.37. The summed E-state index contributed by atoms with van der Waals surface area (Å²) in [6.45, 7) is 0.546. The largest absolute Gasteiger partial charge is 0.405 e. The van der Waals surface area contributed by atoms with E-state index in [1.54, 1.807) is 6.92 Å². The molecule has 0 aliphatic heterocycles. The summed E-state index contributed by atoms with van der Waals surface area (Å²) < 4.78 is 50.3. The van der Waals surface area contributed by atoms with Gasteiger partial charge in [-0.1, -0.05) is 12.2 Å². The Balaban J connectivity index is 3.17. The molecule has 0 radical (unpaired) electrons. The van der Waals surface area contributed by atoms with E-state index in [0.717, 1.165) is 17.0 Å². The highest BCUT2D eigenvalue weighted by molar-refractivity contribution is 7.80.